The van der Waals surface area contributed by atoms with Crippen LogP contribution in [0.15, 0.2) is 47.4 Å². The smallest absolute Gasteiger partial charge is 0.255 e. The van der Waals surface area contributed by atoms with E-state index < -0.39 is 10.0 Å². The van der Waals surface area contributed by atoms with Crippen molar-refractivity contribution in [3.63, 3.8) is 0 Å². The Morgan fingerprint density at radius 1 is 1.14 bits per heavy atom. The number of hydrogen-bond acceptors (Lipinski definition) is 3. The highest BCUT2D eigenvalue weighted by Crippen LogP contribution is 2.22. The summed E-state index contributed by atoms with van der Waals surface area (Å²) in [4.78, 5) is 12.1. The Kier molecular flexibility index (Phi) is 4.32. The summed E-state index contributed by atoms with van der Waals surface area (Å²) < 4.78 is 22.9. The van der Waals surface area contributed by atoms with Crippen LogP contribution in [0.25, 0.3) is 0 Å². The molecular formula is C14H13ClN2O3S. The van der Waals surface area contributed by atoms with E-state index in [1.165, 1.54) is 12.1 Å². The highest BCUT2D eigenvalue weighted by Gasteiger charge is 2.15. The van der Waals surface area contributed by atoms with Crippen LogP contribution in [-0.2, 0) is 10.0 Å². The number of carbonyl (C=O) groups is 1. The van der Waals surface area contributed by atoms with Crippen molar-refractivity contribution in [3.8, 4) is 0 Å². The average molecular weight is 325 g/mol. The summed E-state index contributed by atoms with van der Waals surface area (Å²) in [6.45, 7) is 1.58. The third-order valence-electron chi connectivity index (χ3n) is 2.95. The second-order valence-corrected chi connectivity index (χ2v) is 6.40. The van der Waals surface area contributed by atoms with Crippen molar-refractivity contribution >= 4 is 33.2 Å². The van der Waals surface area contributed by atoms with E-state index >= 15 is 0 Å². The van der Waals surface area contributed by atoms with Gasteiger partial charge in [-0.1, -0.05) is 17.7 Å². The van der Waals surface area contributed by atoms with Crippen LogP contribution in [0.1, 0.15) is 15.9 Å². The first-order chi connectivity index (χ1) is 9.79. The van der Waals surface area contributed by atoms with Gasteiger partial charge in [-0.2, -0.15) is 0 Å². The Bertz CT molecular complexity index is 786. The molecular weight excluding hydrogens is 312 g/mol. The molecule has 0 saturated carbocycles. The summed E-state index contributed by atoms with van der Waals surface area (Å²) in [5.74, 6) is -0.360. The normalized spacial score (nSPS) is 11.2. The van der Waals surface area contributed by atoms with E-state index in [0.717, 1.165) is 0 Å². The Labute approximate surface area is 127 Å². The topological polar surface area (TPSA) is 89.3 Å². The van der Waals surface area contributed by atoms with Crippen LogP contribution < -0.4 is 10.5 Å². The summed E-state index contributed by atoms with van der Waals surface area (Å²) in [5, 5.41) is 8.31. The second kappa shape index (κ2) is 5.85. The molecule has 2 aromatic carbocycles. The minimum atomic E-state index is -3.83. The van der Waals surface area contributed by atoms with Gasteiger partial charge in [0, 0.05) is 16.3 Å². The zero-order chi connectivity index (χ0) is 15.6. The van der Waals surface area contributed by atoms with E-state index in [9.17, 15) is 13.2 Å². The minimum Gasteiger partial charge on any atom is -0.322 e. The van der Waals surface area contributed by atoms with Gasteiger partial charge in [0.25, 0.3) is 5.91 Å². The number of sulfonamides is 1. The van der Waals surface area contributed by atoms with Crippen molar-refractivity contribution in [2.75, 3.05) is 5.32 Å². The maximum Gasteiger partial charge on any atom is 0.255 e. The first-order valence-electron chi connectivity index (χ1n) is 5.98. The van der Waals surface area contributed by atoms with Gasteiger partial charge < -0.3 is 5.32 Å². The average Bonchev–Trinajstić information content (AvgIpc) is 2.40. The number of hydrogen-bond donors (Lipinski definition) is 2. The van der Waals surface area contributed by atoms with Crippen molar-refractivity contribution in [2.24, 2.45) is 5.14 Å². The van der Waals surface area contributed by atoms with Crippen LogP contribution in [0.5, 0.6) is 0 Å². The van der Waals surface area contributed by atoms with Gasteiger partial charge in [-0.15, -0.1) is 0 Å². The van der Waals surface area contributed by atoms with E-state index in [4.69, 9.17) is 16.7 Å². The molecule has 7 heteroatoms. The quantitative estimate of drug-likeness (QED) is 0.909. The molecule has 0 fully saturated rings. The Morgan fingerprint density at radius 2 is 1.76 bits per heavy atom. The number of amides is 1. The third-order valence-corrected chi connectivity index (χ3v) is 4.25. The van der Waals surface area contributed by atoms with Gasteiger partial charge in [-0.3, -0.25) is 4.79 Å². The lowest BCUT2D eigenvalue weighted by atomic mass is 10.1. The molecule has 110 valence electrons. The summed E-state index contributed by atoms with van der Waals surface area (Å²) >= 11 is 5.76. The number of nitrogens with one attached hydrogen (secondary N) is 1. The number of benzene rings is 2. The van der Waals surface area contributed by atoms with Gasteiger partial charge in [0.05, 0.1) is 4.90 Å². The summed E-state index contributed by atoms with van der Waals surface area (Å²) in [5.41, 5.74) is 1.20. The largest absolute Gasteiger partial charge is 0.322 e. The predicted octanol–water partition coefficient (Wildman–Crippen LogP) is 2.55. The van der Waals surface area contributed by atoms with Crippen LogP contribution >= 0.6 is 11.6 Å². The molecule has 2 rings (SSSR count). The lowest BCUT2D eigenvalue weighted by molar-refractivity contribution is 0.102. The molecule has 0 spiro atoms. The molecule has 3 N–H and O–H groups in total. The van der Waals surface area contributed by atoms with Gasteiger partial charge in [0.15, 0.2) is 0 Å². The highest BCUT2D eigenvalue weighted by molar-refractivity contribution is 7.89. The lowest BCUT2D eigenvalue weighted by Gasteiger charge is -2.11. The van der Waals surface area contributed by atoms with E-state index in [2.05, 4.69) is 5.32 Å². The van der Waals surface area contributed by atoms with Crippen LogP contribution in [0.3, 0.4) is 0 Å². The maximum atomic E-state index is 12.1. The number of rotatable bonds is 3. The van der Waals surface area contributed by atoms with Gasteiger partial charge >= 0.3 is 0 Å². The Balaban J connectivity index is 2.32. The van der Waals surface area contributed by atoms with Crippen LogP contribution in [0, 0.1) is 6.92 Å². The molecule has 0 aliphatic heterocycles. The molecule has 0 saturated heterocycles. The summed E-state index contributed by atoms with van der Waals surface area (Å²) in [6, 6.07) is 10.9. The molecule has 0 radical (unpaired) electrons. The number of anilines is 1. The Hall–Kier alpha value is -1.89. The number of carbonyl (C=O) groups excluding carboxylic acids is 1. The zero-order valence-corrected chi connectivity index (χ0v) is 12.7. The Morgan fingerprint density at radius 3 is 2.33 bits per heavy atom. The molecule has 0 bridgehead atoms. The predicted molar refractivity (Wildman–Crippen MR) is 82.0 cm³/mol. The highest BCUT2D eigenvalue weighted by atomic mass is 35.5. The minimum absolute atomic E-state index is 0.0172. The molecule has 1 amide bonds. The summed E-state index contributed by atoms with van der Waals surface area (Å²) in [6.07, 6.45) is 0. The van der Waals surface area contributed by atoms with Crippen molar-refractivity contribution in [1.82, 2.24) is 0 Å². The van der Waals surface area contributed by atoms with Gasteiger partial charge in [0.2, 0.25) is 10.0 Å². The molecule has 0 aliphatic carbocycles. The molecule has 21 heavy (non-hydrogen) atoms. The fourth-order valence-electron chi connectivity index (χ4n) is 1.85. The molecule has 5 nitrogen and oxygen atoms in total. The molecule has 2 aromatic rings. The first-order valence-corrected chi connectivity index (χ1v) is 7.91. The van der Waals surface area contributed by atoms with Crippen LogP contribution in [-0.4, -0.2) is 14.3 Å². The molecule has 0 atom stereocenters. The van der Waals surface area contributed by atoms with E-state index in [0.29, 0.717) is 21.8 Å². The number of halogens is 1. The van der Waals surface area contributed by atoms with Gasteiger partial charge in [-0.25, -0.2) is 13.6 Å². The lowest BCUT2D eigenvalue weighted by Crippen LogP contribution is -2.17. The fraction of sp³-hybridized carbons (Fsp3) is 0.0714. The SMILES string of the molecule is Cc1c(NC(=O)c2ccc(Cl)cc2)cccc1S(N)(=O)=O. The van der Waals surface area contributed by atoms with Crippen molar-refractivity contribution in [3.05, 3.63) is 58.6 Å². The standard InChI is InChI=1S/C14H13ClN2O3S/c1-9-12(3-2-4-13(9)21(16,19)20)17-14(18)10-5-7-11(15)8-6-10/h2-8H,1H3,(H,17,18)(H2,16,19,20). The molecule has 0 aliphatic rings. The monoisotopic (exact) mass is 324 g/mol. The zero-order valence-electron chi connectivity index (χ0n) is 11.1. The molecule has 0 unspecified atom stereocenters. The third kappa shape index (κ3) is 3.60. The first kappa shape index (κ1) is 15.5. The van der Waals surface area contributed by atoms with Crippen molar-refractivity contribution in [2.45, 2.75) is 11.8 Å². The van der Waals surface area contributed by atoms with Crippen molar-refractivity contribution < 1.29 is 13.2 Å². The summed E-state index contributed by atoms with van der Waals surface area (Å²) in [7, 11) is -3.83. The van der Waals surface area contributed by atoms with Gasteiger partial charge in [0.1, 0.15) is 0 Å². The van der Waals surface area contributed by atoms with Crippen LogP contribution in [0.2, 0.25) is 5.02 Å². The maximum absolute atomic E-state index is 12.1. The van der Waals surface area contributed by atoms with Crippen molar-refractivity contribution in [1.29, 1.82) is 0 Å². The van der Waals surface area contributed by atoms with E-state index in [1.54, 1.807) is 37.3 Å². The fourth-order valence-corrected chi connectivity index (χ4v) is 2.78. The second-order valence-electron chi connectivity index (χ2n) is 4.43. The van der Waals surface area contributed by atoms with Gasteiger partial charge in [-0.05, 0) is 48.9 Å². The van der Waals surface area contributed by atoms with Crippen LogP contribution in [0.4, 0.5) is 5.69 Å². The van der Waals surface area contributed by atoms with E-state index in [-0.39, 0.29) is 10.8 Å². The molecule has 0 heterocycles. The number of nitrogens with two attached hydrogens (primary N) is 1. The number of primary sulfonamides is 1. The molecule has 0 aromatic heterocycles. The van der Waals surface area contributed by atoms with E-state index in [1.807, 2.05) is 0 Å².